The summed E-state index contributed by atoms with van der Waals surface area (Å²) in [5, 5.41) is 15.9. The first kappa shape index (κ1) is 14.4. The number of carboxylic acid groups (broad SMARTS) is 2. The van der Waals surface area contributed by atoms with Gasteiger partial charge in [-0.25, -0.2) is 0 Å². The second kappa shape index (κ2) is 4.54. The monoisotopic (exact) mass is 270 g/mol. The van der Waals surface area contributed by atoms with Crippen LogP contribution in [-0.4, -0.2) is 68.3 Å². The number of rotatable bonds is 3. The van der Waals surface area contributed by atoms with E-state index < -0.39 is 35.5 Å². The molecule has 3 N–H and O–H groups in total. The Bertz CT molecular complexity index is 532. The van der Waals surface area contributed by atoms with E-state index in [1.165, 1.54) is 6.08 Å². The fraction of sp³-hybridized carbons (Fsp3) is 0.250. The fourth-order valence-corrected chi connectivity index (χ4v) is 4.38. The van der Waals surface area contributed by atoms with Crippen LogP contribution in [0.3, 0.4) is 0 Å². The average Bonchev–Trinajstić information content (AvgIpc) is 2.14. The van der Waals surface area contributed by atoms with Gasteiger partial charge in [-0.2, -0.15) is 0 Å². The predicted octanol–water partition coefficient (Wildman–Crippen LogP) is -0.765. The normalized spacial score (nSPS) is 28.6. The minimum atomic E-state index is -4.82. The van der Waals surface area contributed by atoms with Crippen LogP contribution in [0, 0.1) is 0 Å². The summed E-state index contributed by atoms with van der Waals surface area (Å²) in [5.74, 6) is -3.05. The maximum atomic E-state index is 11.2. The molecule has 1 aliphatic rings. The van der Waals surface area contributed by atoms with Crippen LogP contribution in [0.4, 0.5) is 0 Å². The van der Waals surface area contributed by atoms with Gasteiger partial charge in [-0.05, 0) is 0 Å². The third kappa shape index (κ3) is 2.61. The third-order valence-corrected chi connectivity index (χ3v) is 5.65. The van der Waals surface area contributed by atoms with E-state index in [2.05, 4.69) is 0 Å². The standard InChI is InChI=1S/C8H7O7S.Na/c9-7(10)4-2-1-3-5(8(11)12)6(4)16(13,14)15;/h1-3,6H,(H,9,10)(H,11,12)(H,13,14,15);. The van der Waals surface area contributed by atoms with E-state index in [-0.39, 0.29) is 27.9 Å². The number of aliphatic carboxylic acids is 2. The van der Waals surface area contributed by atoms with Gasteiger partial charge in [0.05, 0.1) is 0 Å². The summed E-state index contributed by atoms with van der Waals surface area (Å²) in [6.45, 7) is 0. The van der Waals surface area contributed by atoms with Crippen LogP contribution in [0.15, 0.2) is 23.8 Å². The Morgan fingerprint density at radius 1 is 1.35 bits per heavy atom. The Balaban J connectivity index is 3.50. The minimum absolute atomic E-state index is 0.167. The molecule has 88 valence electrons. The number of hydrogen-bond acceptors (Lipinski definition) is 4. The molecule has 1 rings (SSSR count). The van der Waals surface area contributed by atoms with Crippen LogP contribution < -0.4 is 0 Å². The molecular weight excluding hydrogens is 263 g/mol. The van der Waals surface area contributed by atoms with E-state index in [0.29, 0.717) is 0 Å². The molecule has 2 atom stereocenters. The molecule has 2 unspecified atom stereocenters. The van der Waals surface area contributed by atoms with Crippen molar-refractivity contribution in [3.63, 3.8) is 0 Å². The van der Waals surface area contributed by atoms with Gasteiger partial charge in [-0.15, -0.1) is 0 Å². The molecule has 9 heteroatoms. The van der Waals surface area contributed by atoms with Gasteiger partial charge >= 0.3 is 114 Å². The Kier molecular flexibility index (Phi) is 3.84. The topological polar surface area (TPSA) is 129 Å². The molecule has 1 aliphatic carbocycles. The van der Waals surface area contributed by atoms with Crippen LogP contribution in [-0.2, 0) is 19.7 Å². The molecule has 0 aromatic carbocycles. The van der Waals surface area contributed by atoms with Gasteiger partial charge < -0.3 is 0 Å². The summed E-state index contributed by atoms with van der Waals surface area (Å²) in [4.78, 5) is 22.0. The third-order valence-electron chi connectivity index (χ3n) is 2.55. The van der Waals surface area contributed by atoms with Crippen LogP contribution in [0.5, 0.6) is 0 Å². The van der Waals surface area contributed by atoms with Crippen molar-refractivity contribution in [3.05, 3.63) is 23.8 Å². The van der Waals surface area contributed by atoms with Crippen LogP contribution in [0.2, 0.25) is 2.66 Å². The first-order valence-corrected chi connectivity index (χ1v) is 6.93. The van der Waals surface area contributed by atoms with Crippen molar-refractivity contribution < 1.29 is 32.8 Å². The molecule has 0 saturated heterocycles. The van der Waals surface area contributed by atoms with Crippen molar-refractivity contribution in [2.24, 2.45) is 0 Å². The molecule has 0 saturated carbocycles. The summed E-state index contributed by atoms with van der Waals surface area (Å²) >= 11 is -0.167. The van der Waals surface area contributed by atoms with Crippen molar-refractivity contribution >= 4 is 50.0 Å². The van der Waals surface area contributed by atoms with Crippen LogP contribution >= 0.6 is 0 Å². The van der Waals surface area contributed by atoms with E-state index in [1.54, 1.807) is 0 Å². The molecule has 0 bridgehead atoms. The van der Waals surface area contributed by atoms with Gasteiger partial charge in [0, 0.05) is 0 Å². The molecule has 0 spiro atoms. The van der Waals surface area contributed by atoms with Gasteiger partial charge in [0.15, 0.2) is 0 Å². The molecule has 0 aromatic rings. The van der Waals surface area contributed by atoms with E-state index in [9.17, 15) is 18.0 Å². The zero-order valence-electron chi connectivity index (χ0n) is 8.69. The summed E-state index contributed by atoms with van der Waals surface area (Å²) in [6, 6.07) is 0. The van der Waals surface area contributed by atoms with Crippen molar-refractivity contribution in [1.29, 1.82) is 0 Å². The molecule has 0 aromatic heterocycles. The number of hydrogen-bond donors (Lipinski definition) is 3. The van der Waals surface area contributed by atoms with E-state index in [1.807, 2.05) is 0 Å². The fourth-order valence-electron chi connectivity index (χ4n) is 1.69. The number of carboxylic acids is 2. The molecule has 0 radical (unpaired) electrons. The quantitative estimate of drug-likeness (QED) is 0.453. The van der Waals surface area contributed by atoms with Crippen LogP contribution in [0.25, 0.3) is 0 Å². The van der Waals surface area contributed by atoms with Gasteiger partial charge in [0.25, 0.3) is 0 Å². The first-order chi connectivity index (χ1) is 7.60. The van der Waals surface area contributed by atoms with E-state index >= 15 is 0 Å². The molecular formula is C8H7NaO7S. The Morgan fingerprint density at radius 3 is 2.24 bits per heavy atom. The number of allylic oxidation sites excluding steroid dienone is 2. The van der Waals surface area contributed by atoms with Crippen molar-refractivity contribution in [2.75, 3.05) is 0 Å². The van der Waals surface area contributed by atoms with Gasteiger partial charge in [-0.3, -0.25) is 0 Å². The molecule has 0 heterocycles. The summed E-state index contributed by atoms with van der Waals surface area (Å²) in [5.41, 5.74) is -0.646. The van der Waals surface area contributed by atoms with E-state index in [0.717, 1.165) is 12.2 Å². The zero-order valence-corrected chi connectivity index (χ0v) is 11.5. The van der Waals surface area contributed by atoms with Crippen LogP contribution in [0.1, 0.15) is 0 Å². The van der Waals surface area contributed by atoms with Gasteiger partial charge in [0.1, 0.15) is 0 Å². The van der Waals surface area contributed by atoms with Crippen molar-refractivity contribution in [2.45, 2.75) is 7.91 Å². The average molecular weight is 270 g/mol. The molecule has 0 amide bonds. The summed E-state index contributed by atoms with van der Waals surface area (Å²) < 4.78 is 29.6. The first-order valence-electron chi connectivity index (χ1n) is 4.43. The van der Waals surface area contributed by atoms with E-state index in [4.69, 9.17) is 14.8 Å². The second-order valence-corrected chi connectivity index (χ2v) is 6.93. The number of carbonyl (C=O) groups is 2. The van der Waals surface area contributed by atoms with Gasteiger partial charge in [0.2, 0.25) is 0 Å². The molecule has 0 fully saturated rings. The van der Waals surface area contributed by atoms with Gasteiger partial charge in [-0.1, -0.05) is 0 Å². The zero-order chi connectivity index (χ0) is 13.4. The van der Waals surface area contributed by atoms with Crippen molar-refractivity contribution in [3.8, 4) is 0 Å². The summed E-state index contributed by atoms with van der Waals surface area (Å²) in [6.07, 6.45) is 3.23. The molecule has 0 aliphatic heterocycles. The Hall–Kier alpha value is -0.670. The maximum absolute atomic E-state index is 11.2. The SMILES string of the molecule is O=C(O)C1=CC=C[C]([Na])(C(=O)O)C1S(=O)(=O)O. The predicted molar refractivity (Wildman–Crippen MR) is 56.3 cm³/mol. The Morgan fingerprint density at radius 2 is 1.88 bits per heavy atom. The Labute approximate surface area is 114 Å². The molecule has 17 heavy (non-hydrogen) atoms. The molecule has 7 nitrogen and oxygen atoms in total. The van der Waals surface area contributed by atoms with Crippen molar-refractivity contribution in [1.82, 2.24) is 0 Å². The second-order valence-electron chi connectivity index (χ2n) is 3.77. The summed E-state index contributed by atoms with van der Waals surface area (Å²) in [7, 11) is -4.82.